The average molecular weight is 449 g/mol. The van der Waals surface area contributed by atoms with E-state index in [4.69, 9.17) is 4.74 Å². The number of anilines is 2. The lowest BCUT2D eigenvalue weighted by atomic mass is 10.1. The van der Waals surface area contributed by atoms with Gasteiger partial charge in [-0.3, -0.25) is 9.59 Å². The summed E-state index contributed by atoms with van der Waals surface area (Å²) in [6.07, 6.45) is 0.900. The van der Waals surface area contributed by atoms with Crippen molar-refractivity contribution in [3.63, 3.8) is 0 Å². The second-order valence-corrected chi connectivity index (χ2v) is 7.86. The molecule has 1 aromatic heterocycles. The summed E-state index contributed by atoms with van der Waals surface area (Å²) in [7, 11) is 1.39. The maximum absolute atomic E-state index is 12.7. The van der Waals surface area contributed by atoms with Crippen LogP contribution in [0.4, 0.5) is 11.4 Å². The number of hydrogen-bond donors (Lipinski definition) is 1. The molecule has 0 saturated carbocycles. The molecule has 2 aromatic carbocycles. The van der Waals surface area contributed by atoms with E-state index in [1.165, 1.54) is 7.11 Å². The quantitative estimate of drug-likeness (QED) is 0.481. The number of ether oxygens (including phenoxy) is 1. The molecule has 0 fully saturated rings. The molecule has 7 heteroatoms. The number of aromatic nitrogens is 2. The van der Waals surface area contributed by atoms with Gasteiger partial charge in [-0.2, -0.15) is 5.10 Å². The molecule has 0 unspecified atom stereocenters. The Morgan fingerprint density at radius 2 is 1.64 bits per heavy atom. The van der Waals surface area contributed by atoms with E-state index in [1.807, 2.05) is 54.9 Å². The Morgan fingerprint density at radius 1 is 1.00 bits per heavy atom. The first-order chi connectivity index (χ1) is 15.9. The van der Waals surface area contributed by atoms with Gasteiger partial charge in [0, 0.05) is 42.1 Å². The van der Waals surface area contributed by atoms with Crippen LogP contribution in [-0.2, 0) is 16.0 Å². The van der Waals surface area contributed by atoms with Crippen LogP contribution in [0.5, 0.6) is 0 Å². The van der Waals surface area contributed by atoms with E-state index in [0.29, 0.717) is 18.4 Å². The van der Waals surface area contributed by atoms with Gasteiger partial charge in [0.15, 0.2) is 0 Å². The summed E-state index contributed by atoms with van der Waals surface area (Å²) in [5.41, 5.74) is 6.22. The number of benzene rings is 2. The highest BCUT2D eigenvalue weighted by molar-refractivity contribution is 6.04. The molecule has 0 aliphatic carbocycles. The van der Waals surface area contributed by atoms with Crippen LogP contribution in [0, 0.1) is 13.8 Å². The molecule has 0 atom stereocenters. The van der Waals surface area contributed by atoms with Gasteiger partial charge in [-0.15, -0.1) is 0 Å². The highest BCUT2D eigenvalue weighted by Gasteiger charge is 2.15. The Hall–Kier alpha value is -3.61. The minimum absolute atomic E-state index is 0.163. The second-order valence-electron chi connectivity index (χ2n) is 7.86. The zero-order valence-corrected chi connectivity index (χ0v) is 20.0. The molecule has 0 saturated heterocycles. The van der Waals surface area contributed by atoms with Crippen molar-refractivity contribution in [3.05, 3.63) is 71.0 Å². The van der Waals surface area contributed by atoms with Crippen LogP contribution in [0.1, 0.15) is 47.6 Å². The van der Waals surface area contributed by atoms with Gasteiger partial charge in [0.2, 0.25) is 0 Å². The summed E-state index contributed by atoms with van der Waals surface area (Å²) in [5.74, 6) is -0.399. The molecular weight excluding hydrogens is 416 g/mol. The minimum Gasteiger partial charge on any atom is -0.469 e. The molecule has 174 valence electrons. The molecule has 0 aliphatic rings. The van der Waals surface area contributed by atoms with Crippen molar-refractivity contribution >= 4 is 23.3 Å². The molecule has 33 heavy (non-hydrogen) atoms. The van der Waals surface area contributed by atoms with Crippen molar-refractivity contribution in [2.75, 3.05) is 30.4 Å². The van der Waals surface area contributed by atoms with E-state index in [0.717, 1.165) is 47.1 Å². The number of hydrogen-bond acceptors (Lipinski definition) is 5. The normalized spacial score (nSPS) is 10.7. The maximum Gasteiger partial charge on any atom is 0.305 e. The Labute approximate surface area is 195 Å². The number of aryl methyl sites for hydroxylation is 1. The van der Waals surface area contributed by atoms with Crippen molar-refractivity contribution in [2.45, 2.75) is 40.5 Å². The van der Waals surface area contributed by atoms with Crippen LogP contribution in [0.15, 0.2) is 48.5 Å². The fourth-order valence-electron chi connectivity index (χ4n) is 3.92. The minimum atomic E-state index is -0.236. The van der Waals surface area contributed by atoms with Crippen LogP contribution in [-0.4, -0.2) is 41.9 Å². The lowest BCUT2D eigenvalue weighted by Crippen LogP contribution is -2.21. The number of methoxy groups -OCH3 is 1. The van der Waals surface area contributed by atoms with Gasteiger partial charge in [-0.05, 0) is 88.2 Å². The third kappa shape index (κ3) is 5.61. The molecule has 1 heterocycles. The third-order valence-electron chi connectivity index (χ3n) is 5.88. The number of amides is 1. The molecule has 0 aliphatic heterocycles. The van der Waals surface area contributed by atoms with Gasteiger partial charge in [-0.25, -0.2) is 4.68 Å². The van der Waals surface area contributed by atoms with E-state index in [-0.39, 0.29) is 11.9 Å². The SMILES string of the molecule is CCN(CC)c1ccc(NC(=O)c2ccc(-n3nc(C)c(CCC(=O)OC)c3C)cc2)cc1. The summed E-state index contributed by atoms with van der Waals surface area (Å²) in [6.45, 7) is 10.0. The van der Waals surface area contributed by atoms with Crippen molar-refractivity contribution in [2.24, 2.45) is 0 Å². The van der Waals surface area contributed by atoms with E-state index < -0.39 is 0 Å². The average Bonchev–Trinajstić information content (AvgIpc) is 3.12. The van der Waals surface area contributed by atoms with E-state index in [9.17, 15) is 9.59 Å². The Morgan fingerprint density at radius 3 is 2.21 bits per heavy atom. The highest BCUT2D eigenvalue weighted by atomic mass is 16.5. The lowest BCUT2D eigenvalue weighted by molar-refractivity contribution is -0.140. The van der Waals surface area contributed by atoms with E-state index >= 15 is 0 Å². The van der Waals surface area contributed by atoms with E-state index in [2.05, 4.69) is 29.2 Å². The van der Waals surface area contributed by atoms with Gasteiger partial charge >= 0.3 is 5.97 Å². The van der Waals surface area contributed by atoms with Gasteiger partial charge in [-0.1, -0.05) is 0 Å². The number of carbonyl (C=O) groups excluding carboxylic acids is 2. The first-order valence-electron chi connectivity index (χ1n) is 11.3. The summed E-state index contributed by atoms with van der Waals surface area (Å²) < 4.78 is 6.58. The largest absolute Gasteiger partial charge is 0.469 e. The predicted octanol–water partition coefficient (Wildman–Crippen LogP) is 4.69. The van der Waals surface area contributed by atoms with Crippen molar-refractivity contribution in [1.29, 1.82) is 0 Å². The van der Waals surface area contributed by atoms with Crippen molar-refractivity contribution in [1.82, 2.24) is 9.78 Å². The topological polar surface area (TPSA) is 76.5 Å². The molecule has 0 bridgehead atoms. The summed E-state index contributed by atoms with van der Waals surface area (Å²) in [5, 5.41) is 7.58. The molecule has 0 radical (unpaired) electrons. The number of nitrogens with zero attached hydrogens (tertiary/aromatic N) is 3. The number of esters is 1. The Kier molecular flexibility index (Phi) is 7.87. The number of carbonyl (C=O) groups is 2. The van der Waals surface area contributed by atoms with Gasteiger partial charge in [0.05, 0.1) is 18.5 Å². The zero-order valence-electron chi connectivity index (χ0n) is 20.0. The predicted molar refractivity (Wildman–Crippen MR) is 131 cm³/mol. The molecule has 3 aromatic rings. The number of rotatable bonds is 9. The second kappa shape index (κ2) is 10.8. The van der Waals surface area contributed by atoms with Crippen LogP contribution >= 0.6 is 0 Å². The third-order valence-corrected chi connectivity index (χ3v) is 5.88. The van der Waals surface area contributed by atoms with Gasteiger partial charge in [0.1, 0.15) is 0 Å². The summed E-state index contributed by atoms with van der Waals surface area (Å²) in [6, 6.07) is 15.2. The molecule has 7 nitrogen and oxygen atoms in total. The first kappa shape index (κ1) is 24.0. The van der Waals surface area contributed by atoms with Crippen LogP contribution < -0.4 is 10.2 Å². The standard InChI is InChI=1S/C26H32N4O3/c1-6-29(7-2)22-14-10-21(11-15-22)27-26(32)20-8-12-23(13-9-20)30-19(4)24(18(3)28-30)16-17-25(31)33-5/h8-15H,6-7,16-17H2,1-5H3,(H,27,32). The molecule has 0 spiro atoms. The van der Waals surface area contributed by atoms with Crippen LogP contribution in [0.3, 0.4) is 0 Å². The monoisotopic (exact) mass is 448 g/mol. The smallest absolute Gasteiger partial charge is 0.305 e. The lowest BCUT2D eigenvalue weighted by Gasteiger charge is -2.21. The maximum atomic E-state index is 12.7. The highest BCUT2D eigenvalue weighted by Crippen LogP contribution is 2.21. The van der Waals surface area contributed by atoms with E-state index in [1.54, 1.807) is 12.1 Å². The molecule has 1 N–H and O–H groups in total. The molecule has 1 amide bonds. The van der Waals surface area contributed by atoms with Crippen molar-refractivity contribution < 1.29 is 14.3 Å². The van der Waals surface area contributed by atoms with Gasteiger partial charge < -0.3 is 15.0 Å². The fraction of sp³-hybridized carbons (Fsp3) is 0.346. The molecule has 3 rings (SSSR count). The van der Waals surface area contributed by atoms with Crippen LogP contribution in [0.2, 0.25) is 0 Å². The summed E-state index contributed by atoms with van der Waals surface area (Å²) >= 11 is 0. The fourth-order valence-corrected chi connectivity index (χ4v) is 3.92. The molecular formula is C26H32N4O3. The number of nitrogens with one attached hydrogen (secondary N) is 1. The first-order valence-corrected chi connectivity index (χ1v) is 11.3. The van der Waals surface area contributed by atoms with Crippen molar-refractivity contribution in [3.8, 4) is 5.69 Å². The van der Waals surface area contributed by atoms with Crippen LogP contribution in [0.25, 0.3) is 5.69 Å². The van der Waals surface area contributed by atoms with Gasteiger partial charge in [0.25, 0.3) is 5.91 Å². The Bertz CT molecular complexity index is 1100. The zero-order chi connectivity index (χ0) is 24.0. The summed E-state index contributed by atoms with van der Waals surface area (Å²) in [4.78, 5) is 26.5. The Balaban J connectivity index is 1.70.